The molecule has 0 aliphatic carbocycles. The third kappa shape index (κ3) is 4.11. The van der Waals surface area contributed by atoms with Gasteiger partial charge in [-0.1, -0.05) is 29.8 Å². The summed E-state index contributed by atoms with van der Waals surface area (Å²) >= 11 is 3.35. The number of imide groups is 1. The van der Waals surface area contributed by atoms with Crippen molar-refractivity contribution in [2.45, 2.75) is 32.5 Å². The molecule has 0 bridgehead atoms. The topological polar surface area (TPSA) is 110 Å². The second-order valence-corrected chi connectivity index (χ2v) is 8.08. The van der Waals surface area contributed by atoms with Crippen LogP contribution in [0, 0.1) is 5.92 Å². The monoisotopic (exact) mass is 450 g/mol. The molecule has 9 nitrogen and oxygen atoms in total. The first-order valence-electron chi connectivity index (χ1n) is 8.97. The lowest BCUT2D eigenvalue weighted by molar-refractivity contribution is -0.127. The number of nitrogens with zero attached hydrogens (tertiary/aromatic N) is 4. The van der Waals surface area contributed by atoms with Gasteiger partial charge in [0.05, 0.1) is 6.21 Å². The summed E-state index contributed by atoms with van der Waals surface area (Å²) in [4.78, 5) is 32.1. The van der Waals surface area contributed by atoms with Crippen molar-refractivity contribution in [2.24, 2.45) is 16.0 Å². The van der Waals surface area contributed by atoms with Crippen LogP contribution in [0.5, 0.6) is 5.75 Å². The molecule has 0 saturated carbocycles. The molecule has 0 aromatic heterocycles. The minimum absolute atomic E-state index is 0.0946. The number of aromatic hydroxyl groups is 1. The number of rotatable bonds is 5. The number of guanidine groups is 1. The standard InChI is InChI=1S/C18H23BrN6O3/c1-10(2)6-7-25-14-15(24(3)18(28)22-16(14)27)21-17(25)23-20-9-11-8-12(19)4-5-13(11)26/h4-5,8-10,14-15,26H,6-7H2,1-3H3,(H,21,23)(H,22,27,28)/b20-9+. The van der Waals surface area contributed by atoms with E-state index in [0.717, 1.165) is 10.9 Å². The Morgan fingerprint density at radius 3 is 2.89 bits per heavy atom. The Labute approximate surface area is 171 Å². The van der Waals surface area contributed by atoms with Gasteiger partial charge in [-0.25, -0.2) is 15.2 Å². The van der Waals surface area contributed by atoms with Gasteiger partial charge < -0.3 is 14.9 Å². The van der Waals surface area contributed by atoms with Crippen LogP contribution in [-0.2, 0) is 4.79 Å². The van der Waals surface area contributed by atoms with Gasteiger partial charge in [0.25, 0.3) is 5.91 Å². The molecule has 2 unspecified atom stereocenters. The average Bonchev–Trinajstić information content (AvgIpc) is 3.00. The fourth-order valence-corrected chi connectivity index (χ4v) is 3.43. The summed E-state index contributed by atoms with van der Waals surface area (Å²) < 4.78 is 0.811. The summed E-state index contributed by atoms with van der Waals surface area (Å²) in [6.45, 7) is 4.79. The lowest BCUT2D eigenvalue weighted by Gasteiger charge is -2.36. The first-order chi connectivity index (χ1) is 13.3. The Morgan fingerprint density at radius 1 is 1.43 bits per heavy atom. The second-order valence-electron chi connectivity index (χ2n) is 7.17. The van der Waals surface area contributed by atoms with E-state index in [0.29, 0.717) is 24.0 Å². The fourth-order valence-electron chi connectivity index (χ4n) is 3.05. The Balaban J connectivity index is 1.81. The number of hydrogen-bond donors (Lipinski definition) is 3. The number of urea groups is 1. The van der Waals surface area contributed by atoms with Crippen LogP contribution >= 0.6 is 15.9 Å². The van der Waals surface area contributed by atoms with E-state index in [-0.39, 0.29) is 11.7 Å². The molecule has 1 aromatic carbocycles. The number of carbonyl (C=O) groups is 2. The van der Waals surface area contributed by atoms with Crippen molar-refractivity contribution in [1.29, 1.82) is 0 Å². The second kappa shape index (κ2) is 8.17. The summed E-state index contributed by atoms with van der Waals surface area (Å²) in [6, 6.07) is 3.95. The number of likely N-dealkylation sites (N-methyl/N-ethyl adjacent to an activating group) is 1. The van der Waals surface area contributed by atoms with Gasteiger partial charge in [0.2, 0.25) is 5.96 Å². The van der Waals surface area contributed by atoms with Crippen LogP contribution in [0.3, 0.4) is 0 Å². The van der Waals surface area contributed by atoms with Gasteiger partial charge in [0.15, 0.2) is 12.2 Å². The molecular weight excluding hydrogens is 428 g/mol. The quantitative estimate of drug-likeness (QED) is 0.466. The Bertz CT molecular complexity index is 841. The molecule has 2 heterocycles. The highest BCUT2D eigenvalue weighted by atomic mass is 79.9. The van der Waals surface area contributed by atoms with Gasteiger partial charge in [-0.2, -0.15) is 5.10 Å². The SMILES string of the molecule is CC(C)CCN1C(N/N=C/c2cc(Br)ccc2O)=NC2C1C(=O)NC(=O)N2C. The Morgan fingerprint density at radius 2 is 2.18 bits per heavy atom. The zero-order valence-electron chi connectivity index (χ0n) is 15.9. The van der Waals surface area contributed by atoms with Crippen LogP contribution in [0.2, 0.25) is 0 Å². The highest BCUT2D eigenvalue weighted by Gasteiger charge is 2.48. The van der Waals surface area contributed by atoms with E-state index in [1.165, 1.54) is 11.1 Å². The van der Waals surface area contributed by atoms with E-state index in [4.69, 9.17) is 0 Å². The van der Waals surface area contributed by atoms with E-state index in [9.17, 15) is 14.7 Å². The van der Waals surface area contributed by atoms with Crippen LogP contribution in [0.4, 0.5) is 4.79 Å². The summed E-state index contributed by atoms with van der Waals surface area (Å²) in [5, 5.41) is 16.4. The van der Waals surface area contributed by atoms with Crippen molar-refractivity contribution < 1.29 is 14.7 Å². The number of amides is 3. The van der Waals surface area contributed by atoms with Crippen molar-refractivity contribution in [1.82, 2.24) is 20.5 Å². The molecule has 150 valence electrons. The summed E-state index contributed by atoms with van der Waals surface area (Å²) in [5.74, 6) is 0.578. The van der Waals surface area contributed by atoms with Gasteiger partial charge in [-0.15, -0.1) is 0 Å². The normalized spacial score (nSPS) is 22.0. The first kappa shape index (κ1) is 20.1. The number of hydrazone groups is 1. The van der Waals surface area contributed by atoms with Crippen LogP contribution in [0.25, 0.3) is 0 Å². The van der Waals surface area contributed by atoms with Crippen molar-refractivity contribution in [3.8, 4) is 5.75 Å². The number of carbonyl (C=O) groups excluding carboxylic acids is 2. The molecule has 28 heavy (non-hydrogen) atoms. The molecule has 1 saturated heterocycles. The van der Waals surface area contributed by atoms with E-state index < -0.39 is 18.2 Å². The minimum Gasteiger partial charge on any atom is -0.507 e. The van der Waals surface area contributed by atoms with Crippen LogP contribution in [-0.4, -0.2) is 64.8 Å². The highest BCUT2D eigenvalue weighted by Crippen LogP contribution is 2.24. The van der Waals surface area contributed by atoms with Crippen LogP contribution < -0.4 is 10.7 Å². The highest BCUT2D eigenvalue weighted by molar-refractivity contribution is 9.10. The smallest absolute Gasteiger partial charge is 0.325 e. The van der Waals surface area contributed by atoms with E-state index in [2.05, 4.69) is 50.6 Å². The number of benzene rings is 1. The molecule has 2 atom stereocenters. The zero-order chi connectivity index (χ0) is 20.4. The zero-order valence-corrected chi connectivity index (χ0v) is 17.5. The number of phenolic OH excluding ortho intramolecular Hbond substituents is 1. The Hall–Kier alpha value is -2.62. The lowest BCUT2D eigenvalue weighted by Crippen LogP contribution is -2.64. The number of aliphatic imine (C=N–C) groups is 1. The molecule has 3 amide bonds. The molecule has 1 fully saturated rings. The predicted octanol–water partition coefficient (Wildman–Crippen LogP) is 1.67. The molecular formula is C18H23BrN6O3. The maximum absolute atomic E-state index is 12.4. The number of halogens is 1. The van der Waals surface area contributed by atoms with E-state index >= 15 is 0 Å². The van der Waals surface area contributed by atoms with Crippen molar-refractivity contribution in [3.63, 3.8) is 0 Å². The molecule has 0 radical (unpaired) electrons. The van der Waals surface area contributed by atoms with Crippen molar-refractivity contribution in [2.75, 3.05) is 13.6 Å². The average molecular weight is 451 g/mol. The maximum atomic E-state index is 12.4. The van der Waals surface area contributed by atoms with Gasteiger partial charge in [0, 0.05) is 23.6 Å². The number of nitrogens with one attached hydrogen (secondary N) is 2. The summed E-state index contributed by atoms with van der Waals surface area (Å²) in [6.07, 6.45) is 1.72. The largest absolute Gasteiger partial charge is 0.507 e. The van der Waals surface area contributed by atoms with Crippen molar-refractivity contribution in [3.05, 3.63) is 28.2 Å². The third-order valence-electron chi connectivity index (χ3n) is 4.67. The molecule has 0 spiro atoms. The van der Waals surface area contributed by atoms with Crippen LogP contribution in [0.15, 0.2) is 32.8 Å². The molecule has 10 heteroatoms. The minimum atomic E-state index is -0.606. The van der Waals surface area contributed by atoms with Gasteiger partial charge in [-0.3, -0.25) is 10.1 Å². The van der Waals surface area contributed by atoms with Crippen molar-refractivity contribution >= 4 is 40.0 Å². The maximum Gasteiger partial charge on any atom is 0.325 e. The molecule has 2 aliphatic rings. The van der Waals surface area contributed by atoms with Gasteiger partial charge in [-0.05, 0) is 30.5 Å². The summed E-state index contributed by atoms with van der Waals surface area (Å²) in [5.41, 5.74) is 3.39. The molecule has 2 aliphatic heterocycles. The molecule has 3 N–H and O–H groups in total. The lowest BCUT2D eigenvalue weighted by atomic mass is 10.1. The van der Waals surface area contributed by atoms with E-state index in [1.54, 1.807) is 25.2 Å². The predicted molar refractivity (Wildman–Crippen MR) is 109 cm³/mol. The van der Waals surface area contributed by atoms with Gasteiger partial charge in [0.1, 0.15) is 5.75 Å². The number of fused-ring (bicyclic) bond motifs is 1. The molecule has 3 rings (SSSR count). The van der Waals surface area contributed by atoms with Gasteiger partial charge >= 0.3 is 6.03 Å². The number of hydrogen-bond acceptors (Lipinski definition) is 7. The van der Waals surface area contributed by atoms with Crippen LogP contribution in [0.1, 0.15) is 25.8 Å². The molecule has 1 aromatic rings. The third-order valence-corrected chi connectivity index (χ3v) is 5.16. The Kier molecular flexibility index (Phi) is 5.87. The van der Waals surface area contributed by atoms with E-state index in [1.807, 2.05) is 4.90 Å². The fraction of sp³-hybridized carbons (Fsp3) is 0.444. The summed E-state index contributed by atoms with van der Waals surface area (Å²) in [7, 11) is 1.61. The number of phenols is 1. The first-order valence-corrected chi connectivity index (χ1v) is 9.77.